The number of ether oxygens (including phenoxy) is 1. The Bertz CT molecular complexity index is 860. The van der Waals surface area contributed by atoms with E-state index in [1.807, 2.05) is 36.4 Å². The van der Waals surface area contributed by atoms with Crippen molar-refractivity contribution < 1.29 is 9.53 Å². The van der Waals surface area contributed by atoms with Gasteiger partial charge in [-0.25, -0.2) is 9.48 Å². The molecule has 6 heteroatoms. The van der Waals surface area contributed by atoms with Crippen molar-refractivity contribution in [3.05, 3.63) is 70.3 Å². The monoisotopic (exact) mass is 346 g/mol. The van der Waals surface area contributed by atoms with Gasteiger partial charge in [-0.15, -0.1) is 0 Å². The van der Waals surface area contributed by atoms with E-state index in [4.69, 9.17) is 27.9 Å². The van der Waals surface area contributed by atoms with E-state index in [0.717, 1.165) is 5.69 Å². The van der Waals surface area contributed by atoms with Crippen LogP contribution in [0.5, 0.6) is 0 Å². The molecule has 0 spiro atoms. The molecule has 3 aromatic rings. The van der Waals surface area contributed by atoms with Crippen LogP contribution in [0.3, 0.4) is 0 Å². The topological polar surface area (TPSA) is 44.1 Å². The number of carbonyl (C=O) groups is 1. The Morgan fingerprint density at radius 1 is 1.04 bits per heavy atom. The predicted molar refractivity (Wildman–Crippen MR) is 90.4 cm³/mol. The summed E-state index contributed by atoms with van der Waals surface area (Å²) in [6, 6.07) is 16.4. The van der Waals surface area contributed by atoms with Crippen molar-refractivity contribution in [3.8, 4) is 16.9 Å². The number of benzene rings is 2. The fourth-order valence-corrected chi connectivity index (χ4v) is 2.79. The molecule has 0 saturated heterocycles. The standard InChI is InChI=1S/C17H12Cl2N2O2/c1-23-17(22)14-15(12-9-5-6-10-13(12)18)20-21(16(14)19)11-7-3-2-4-8-11/h2-10H,1H3. The number of hydrogen-bond acceptors (Lipinski definition) is 3. The van der Waals surface area contributed by atoms with Crippen molar-refractivity contribution in [2.45, 2.75) is 0 Å². The molecular formula is C17H12Cl2N2O2. The number of esters is 1. The first-order valence-corrected chi connectivity index (χ1v) is 7.56. The van der Waals surface area contributed by atoms with Gasteiger partial charge >= 0.3 is 5.97 Å². The first-order valence-electron chi connectivity index (χ1n) is 6.80. The van der Waals surface area contributed by atoms with Crippen LogP contribution >= 0.6 is 23.2 Å². The van der Waals surface area contributed by atoms with Gasteiger partial charge in [0.25, 0.3) is 0 Å². The minimum atomic E-state index is -0.563. The molecule has 0 radical (unpaired) electrons. The van der Waals surface area contributed by atoms with Gasteiger partial charge in [0.2, 0.25) is 0 Å². The smallest absolute Gasteiger partial charge is 0.343 e. The van der Waals surface area contributed by atoms with E-state index in [-0.39, 0.29) is 10.7 Å². The molecule has 23 heavy (non-hydrogen) atoms. The van der Waals surface area contributed by atoms with Crippen molar-refractivity contribution in [1.82, 2.24) is 9.78 Å². The number of methoxy groups -OCH3 is 1. The third-order valence-electron chi connectivity index (χ3n) is 3.35. The summed E-state index contributed by atoms with van der Waals surface area (Å²) in [5.41, 5.74) is 1.93. The van der Waals surface area contributed by atoms with E-state index in [2.05, 4.69) is 5.10 Å². The molecule has 0 aliphatic carbocycles. The van der Waals surface area contributed by atoms with Crippen LogP contribution in [0.4, 0.5) is 0 Å². The summed E-state index contributed by atoms with van der Waals surface area (Å²) in [5.74, 6) is -0.563. The molecule has 0 atom stereocenters. The van der Waals surface area contributed by atoms with Gasteiger partial charge in [0.15, 0.2) is 0 Å². The zero-order valence-corrected chi connectivity index (χ0v) is 13.7. The van der Waals surface area contributed by atoms with Crippen molar-refractivity contribution in [2.24, 2.45) is 0 Å². The van der Waals surface area contributed by atoms with E-state index >= 15 is 0 Å². The highest BCUT2D eigenvalue weighted by Crippen LogP contribution is 2.34. The average molecular weight is 347 g/mol. The predicted octanol–water partition coefficient (Wildman–Crippen LogP) is 4.63. The fraction of sp³-hybridized carbons (Fsp3) is 0.0588. The normalized spacial score (nSPS) is 10.6. The van der Waals surface area contributed by atoms with Crippen LogP contribution in [-0.2, 0) is 4.74 Å². The molecule has 0 aliphatic heterocycles. The third-order valence-corrected chi connectivity index (χ3v) is 4.03. The number of aromatic nitrogens is 2. The third kappa shape index (κ3) is 2.83. The molecule has 4 nitrogen and oxygen atoms in total. The van der Waals surface area contributed by atoms with Crippen LogP contribution in [0.25, 0.3) is 16.9 Å². The van der Waals surface area contributed by atoms with E-state index in [0.29, 0.717) is 16.3 Å². The second kappa shape index (κ2) is 6.44. The van der Waals surface area contributed by atoms with Gasteiger partial charge in [0.1, 0.15) is 16.4 Å². The number of halogens is 2. The summed E-state index contributed by atoms with van der Waals surface area (Å²) in [7, 11) is 1.30. The second-order valence-corrected chi connectivity index (χ2v) is 5.50. The van der Waals surface area contributed by atoms with Crippen molar-refractivity contribution >= 4 is 29.2 Å². The number of hydrogen-bond donors (Lipinski definition) is 0. The lowest BCUT2D eigenvalue weighted by atomic mass is 10.1. The van der Waals surface area contributed by atoms with Crippen LogP contribution in [0, 0.1) is 0 Å². The molecular weight excluding hydrogens is 335 g/mol. The molecule has 1 aromatic heterocycles. The molecule has 0 fully saturated rings. The number of carbonyl (C=O) groups excluding carboxylic acids is 1. The van der Waals surface area contributed by atoms with Crippen LogP contribution in [0.2, 0.25) is 10.2 Å². The highest BCUT2D eigenvalue weighted by Gasteiger charge is 2.26. The van der Waals surface area contributed by atoms with E-state index in [1.165, 1.54) is 11.8 Å². The average Bonchev–Trinajstić information content (AvgIpc) is 2.92. The summed E-state index contributed by atoms with van der Waals surface area (Å²) in [6.07, 6.45) is 0. The van der Waals surface area contributed by atoms with Crippen molar-refractivity contribution in [3.63, 3.8) is 0 Å². The van der Waals surface area contributed by atoms with Crippen LogP contribution in [0.1, 0.15) is 10.4 Å². The first kappa shape index (κ1) is 15.6. The Morgan fingerprint density at radius 3 is 2.35 bits per heavy atom. The van der Waals surface area contributed by atoms with Crippen LogP contribution in [-0.4, -0.2) is 22.9 Å². The minimum Gasteiger partial charge on any atom is -0.465 e. The van der Waals surface area contributed by atoms with Gasteiger partial charge in [-0.2, -0.15) is 5.10 Å². The Balaban J connectivity index is 2.27. The van der Waals surface area contributed by atoms with Crippen molar-refractivity contribution in [2.75, 3.05) is 7.11 Å². The van der Waals surface area contributed by atoms with Crippen LogP contribution in [0.15, 0.2) is 54.6 Å². The van der Waals surface area contributed by atoms with Gasteiger partial charge in [-0.05, 0) is 18.2 Å². The summed E-state index contributed by atoms with van der Waals surface area (Å²) in [6.45, 7) is 0. The van der Waals surface area contributed by atoms with E-state index in [9.17, 15) is 4.79 Å². The quantitative estimate of drug-likeness (QED) is 0.649. The summed E-state index contributed by atoms with van der Waals surface area (Å²) >= 11 is 12.6. The van der Waals surface area contributed by atoms with Gasteiger partial charge in [0.05, 0.1) is 17.8 Å². The summed E-state index contributed by atoms with van der Waals surface area (Å²) in [5, 5.41) is 5.14. The van der Waals surface area contributed by atoms with Gasteiger partial charge < -0.3 is 4.74 Å². The van der Waals surface area contributed by atoms with E-state index in [1.54, 1.807) is 18.2 Å². The zero-order valence-electron chi connectivity index (χ0n) is 12.2. The van der Waals surface area contributed by atoms with Gasteiger partial charge in [0, 0.05) is 5.56 Å². The molecule has 0 amide bonds. The van der Waals surface area contributed by atoms with Crippen molar-refractivity contribution in [1.29, 1.82) is 0 Å². The van der Waals surface area contributed by atoms with Gasteiger partial charge in [-0.3, -0.25) is 0 Å². The molecule has 0 aliphatic rings. The number of para-hydroxylation sites is 1. The molecule has 3 rings (SSSR count). The summed E-state index contributed by atoms with van der Waals surface area (Å²) in [4.78, 5) is 12.2. The number of rotatable bonds is 3. The highest BCUT2D eigenvalue weighted by molar-refractivity contribution is 6.35. The lowest BCUT2D eigenvalue weighted by Crippen LogP contribution is -2.03. The molecule has 0 saturated carbocycles. The van der Waals surface area contributed by atoms with Crippen LogP contribution < -0.4 is 0 Å². The molecule has 0 N–H and O–H groups in total. The fourth-order valence-electron chi connectivity index (χ4n) is 2.26. The lowest BCUT2D eigenvalue weighted by molar-refractivity contribution is 0.0602. The Kier molecular flexibility index (Phi) is 4.37. The number of nitrogens with zero attached hydrogens (tertiary/aromatic N) is 2. The molecule has 0 bridgehead atoms. The Morgan fingerprint density at radius 2 is 1.70 bits per heavy atom. The lowest BCUT2D eigenvalue weighted by Gasteiger charge is -2.03. The Labute approximate surface area is 143 Å². The second-order valence-electron chi connectivity index (χ2n) is 4.73. The first-order chi connectivity index (χ1) is 11.1. The van der Waals surface area contributed by atoms with E-state index < -0.39 is 5.97 Å². The maximum atomic E-state index is 12.2. The minimum absolute atomic E-state index is 0.179. The summed E-state index contributed by atoms with van der Waals surface area (Å²) < 4.78 is 6.34. The maximum Gasteiger partial charge on any atom is 0.343 e. The van der Waals surface area contributed by atoms with Gasteiger partial charge in [-0.1, -0.05) is 59.6 Å². The largest absolute Gasteiger partial charge is 0.465 e. The Hall–Kier alpha value is -2.30. The molecule has 116 valence electrons. The molecule has 0 unspecified atom stereocenters. The molecule has 2 aromatic carbocycles. The zero-order chi connectivity index (χ0) is 16.4. The highest BCUT2D eigenvalue weighted by atomic mass is 35.5. The maximum absolute atomic E-state index is 12.2. The SMILES string of the molecule is COC(=O)c1c(-c2ccccc2Cl)nn(-c2ccccc2)c1Cl. The molecule has 1 heterocycles.